The summed E-state index contributed by atoms with van der Waals surface area (Å²) in [6.07, 6.45) is 0. The van der Waals surface area contributed by atoms with Gasteiger partial charge in [-0.2, -0.15) is 0 Å². The summed E-state index contributed by atoms with van der Waals surface area (Å²) < 4.78 is 1.14. The Hall–Kier alpha value is -1.23. The summed E-state index contributed by atoms with van der Waals surface area (Å²) in [5.41, 5.74) is 9.06. The summed E-state index contributed by atoms with van der Waals surface area (Å²) in [6.45, 7) is 2.01. The molecular weight excluding hydrogens is 308 g/mol. The molecule has 0 bridgehead atoms. The smallest absolute Gasteiger partial charge is 0.0907 e. The third-order valence-electron chi connectivity index (χ3n) is 2.97. The van der Waals surface area contributed by atoms with Gasteiger partial charge in [0.2, 0.25) is 0 Å². The Morgan fingerprint density at radius 1 is 1.30 bits per heavy atom. The fourth-order valence-electron chi connectivity index (χ4n) is 1.98. The molecule has 0 unspecified atom stereocenters. The van der Waals surface area contributed by atoms with Crippen molar-refractivity contribution in [3.05, 3.63) is 52.0 Å². The molecule has 3 rings (SSSR count). The van der Waals surface area contributed by atoms with Crippen molar-refractivity contribution in [2.24, 2.45) is 0 Å². The molecule has 5 heteroatoms. The topological polar surface area (TPSA) is 38.9 Å². The number of hydrogen-bond acceptors (Lipinski definition) is 4. The number of thiazole rings is 1. The molecule has 2 aromatic carbocycles. The average Bonchev–Trinajstić information content (AvgIpc) is 2.76. The van der Waals surface area contributed by atoms with Crippen LogP contribution >= 0.6 is 34.7 Å². The minimum atomic E-state index is 0.796. The van der Waals surface area contributed by atoms with E-state index in [2.05, 4.69) is 11.1 Å². The maximum atomic E-state index is 6.17. The number of benzene rings is 2. The molecular formula is C15H13ClN2S2. The van der Waals surface area contributed by atoms with E-state index < -0.39 is 0 Å². The molecule has 1 heterocycles. The number of aromatic nitrogens is 1. The van der Waals surface area contributed by atoms with Crippen LogP contribution in [-0.4, -0.2) is 4.98 Å². The van der Waals surface area contributed by atoms with E-state index in [9.17, 15) is 0 Å². The van der Waals surface area contributed by atoms with E-state index in [-0.39, 0.29) is 0 Å². The van der Waals surface area contributed by atoms with Gasteiger partial charge in [0.05, 0.1) is 15.2 Å². The molecule has 1 aromatic heterocycles. The molecule has 0 saturated carbocycles. The van der Waals surface area contributed by atoms with Gasteiger partial charge in [-0.15, -0.1) is 23.1 Å². The first-order valence-electron chi connectivity index (χ1n) is 6.16. The second kappa shape index (κ2) is 5.64. The van der Waals surface area contributed by atoms with Gasteiger partial charge in [-0.1, -0.05) is 29.8 Å². The van der Waals surface area contributed by atoms with Crippen LogP contribution in [0.5, 0.6) is 0 Å². The first-order chi connectivity index (χ1) is 9.63. The normalized spacial score (nSPS) is 11.1. The van der Waals surface area contributed by atoms with Gasteiger partial charge in [0, 0.05) is 21.4 Å². The lowest BCUT2D eigenvalue weighted by Crippen LogP contribution is -1.89. The second-order valence-electron chi connectivity index (χ2n) is 4.47. The monoisotopic (exact) mass is 320 g/mol. The highest BCUT2D eigenvalue weighted by Crippen LogP contribution is 2.34. The van der Waals surface area contributed by atoms with Crippen LogP contribution in [0.1, 0.15) is 10.6 Å². The largest absolute Gasteiger partial charge is 0.398 e. The molecule has 0 saturated heterocycles. The average molecular weight is 321 g/mol. The van der Waals surface area contributed by atoms with Gasteiger partial charge in [-0.3, -0.25) is 0 Å². The summed E-state index contributed by atoms with van der Waals surface area (Å²) in [4.78, 5) is 5.57. The number of nitrogens with zero attached hydrogens (tertiary/aromatic N) is 1. The fraction of sp³-hybridized carbons (Fsp3) is 0.133. The van der Waals surface area contributed by atoms with Crippen LogP contribution in [0.2, 0.25) is 5.02 Å². The molecule has 2 nitrogen and oxygen atoms in total. The van der Waals surface area contributed by atoms with Gasteiger partial charge >= 0.3 is 0 Å². The Bertz CT molecular complexity index is 768. The SMILES string of the molecule is Cc1nc2cc(SCc3ccccc3Cl)c(N)cc2s1. The van der Waals surface area contributed by atoms with Gasteiger partial charge < -0.3 is 5.73 Å². The molecule has 2 N–H and O–H groups in total. The molecule has 0 aliphatic heterocycles. The Balaban J connectivity index is 1.87. The van der Waals surface area contributed by atoms with Crippen molar-refractivity contribution in [2.45, 2.75) is 17.6 Å². The number of hydrogen-bond donors (Lipinski definition) is 1. The molecule has 0 aliphatic rings. The molecule has 0 atom stereocenters. The predicted molar refractivity (Wildman–Crippen MR) is 89.8 cm³/mol. The van der Waals surface area contributed by atoms with Crippen molar-refractivity contribution in [1.82, 2.24) is 4.98 Å². The highest BCUT2D eigenvalue weighted by Gasteiger charge is 2.08. The lowest BCUT2D eigenvalue weighted by Gasteiger charge is -2.07. The molecule has 0 spiro atoms. The zero-order valence-electron chi connectivity index (χ0n) is 10.9. The van der Waals surface area contributed by atoms with Gasteiger partial charge in [0.25, 0.3) is 0 Å². The minimum absolute atomic E-state index is 0.796. The van der Waals surface area contributed by atoms with Crippen molar-refractivity contribution in [2.75, 3.05) is 5.73 Å². The highest BCUT2D eigenvalue weighted by molar-refractivity contribution is 7.98. The quantitative estimate of drug-likeness (QED) is 0.537. The molecule has 0 radical (unpaired) electrons. The van der Waals surface area contributed by atoms with E-state index in [4.69, 9.17) is 17.3 Å². The third kappa shape index (κ3) is 2.77. The molecule has 102 valence electrons. The van der Waals surface area contributed by atoms with Crippen molar-refractivity contribution in [3.8, 4) is 0 Å². The molecule has 0 amide bonds. The zero-order valence-corrected chi connectivity index (χ0v) is 13.3. The summed E-state index contributed by atoms with van der Waals surface area (Å²) >= 11 is 9.54. The first kappa shape index (κ1) is 13.7. The number of fused-ring (bicyclic) bond motifs is 1. The van der Waals surface area contributed by atoms with Gasteiger partial charge in [-0.25, -0.2) is 4.98 Å². The Labute approximate surface area is 131 Å². The predicted octanol–water partition coefficient (Wildman–Crippen LogP) is 5.13. The van der Waals surface area contributed by atoms with Crippen molar-refractivity contribution >= 4 is 50.6 Å². The van der Waals surface area contributed by atoms with E-state index >= 15 is 0 Å². The maximum Gasteiger partial charge on any atom is 0.0907 e. The van der Waals surface area contributed by atoms with E-state index in [1.54, 1.807) is 23.1 Å². The van der Waals surface area contributed by atoms with Crippen LogP contribution in [0.3, 0.4) is 0 Å². The Morgan fingerprint density at radius 2 is 2.10 bits per heavy atom. The lowest BCUT2D eigenvalue weighted by molar-refractivity contribution is 1.33. The first-order valence-corrected chi connectivity index (χ1v) is 8.34. The van der Waals surface area contributed by atoms with E-state index in [1.807, 2.05) is 37.3 Å². The molecule has 3 aromatic rings. The summed E-state index contributed by atoms with van der Waals surface area (Å²) in [5.74, 6) is 0.804. The maximum absolute atomic E-state index is 6.17. The van der Waals surface area contributed by atoms with Crippen molar-refractivity contribution in [1.29, 1.82) is 0 Å². The van der Waals surface area contributed by atoms with Gasteiger partial charge in [0.1, 0.15) is 0 Å². The standard InChI is InChI=1S/C15H13ClN2S2/c1-9-18-13-7-14(12(17)6-15(13)20-9)19-8-10-4-2-3-5-11(10)16/h2-7H,8,17H2,1H3. The van der Waals surface area contributed by atoms with Crippen LogP contribution in [0.4, 0.5) is 5.69 Å². The fourth-order valence-corrected chi connectivity index (χ4v) is 4.10. The van der Waals surface area contributed by atoms with Crippen LogP contribution in [0, 0.1) is 6.92 Å². The molecule has 0 aliphatic carbocycles. The minimum Gasteiger partial charge on any atom is -0.398 e. The molecule has 20 heavy (non-hydrogen) atoms. The summed E-state index contributed by atoms with van der Waals surface area (Å²) in [7, 11) is 0. The number of rotatable bonds is 3. The van der Waals surface area contributed by atoms with E-state index in [1.165, 1.54) is 0 Å². The lowest BCUT2D eigenvalue weighted by atomic mass is 10.2. The number of aryl methyl sites for hydroxylation is 1. The Morgan fingerprint density at radius 3 is 2.90 bits per heavy atom. The summed E-state index contributed by atoms with van der Waals surface area (Å²) in [5, 5.41) is 1.86. The van der Waals surface area contributed by atoms with Gasteiger partial charge in [-0.05, 0) is 30.7 Å². The van der Waals surface area contributed by atoms with Gasteiger partial charge in [0.15, 0.2) is 0 Å². The van der Waals surface area contributed by atoms with Crippen LogP contribution in [0.25, 0.3) is 10.2 Å². The number of thioether (sulfide) groups is 1. The number of nitrogens with two attached hydrogens (primary N) is 1. The Kier molecular flexibility index (Phi) is 3.87. The third-order valence-corrected chi connectivity index (χ3v) is 5.39. The van der Waals surface area contributed by atoms with Crippen molar-refractivity contribution in [3.63, 3.8) is 0 Å². The number of nitrogen functional groups attached to an aromatic ring is 1. The van der Waals surface area contributed by atoms with Crippen molar-refractivity contribution < 1.29 is 0 Å². The van der Waals surface area contributed by atoms with E-state index in [0.717, 1.165) is 42.1 Å². The highest BCUT2D eigenvalue weighted by atomic mass is 35.5. The van der Waals surface area contributed by atoms with Crippen LogP contribution in [-0.2, 0) is 5.75 Å². The zero-order chi connectivity index (χ0) is 14.1. The van der Waals surface area contributed by atoms with Crippen LogP contribution < -0.4 is 5.73 Å². The van der Waals surface area contributed by atoms with E-state index in [0.29, 0.717) is 0 Å². The van der Waals surface area contributed by atoms with Crippen LogP contribution in [0.15, 0.2) is 41.3 Å². The molecule has 0 fully saturated rings. The summed E-state index contributed by atoms with van der Waals surface area (Å²) in [6, 6.07) is 12.0. The second-order valence-corrected chi connectivity index (χ2v) is 7.13. The number of anilines is 1. The number of halogens is 1.